The minimum atomic E-state index is 0. The molecule has 0 aromatic heterocycles. The van der Waals surface area contributed by atoms with Gasteiger partial charge in [-0.05, 0) is 0 Å². The van der Waals surface area contributed by atoms with Gasteiger partial charge in [0.15, 0.2) is 0 Å². The van der Waals surface area contributed by atoms with E-state index < -0.39 is 0 Å². The summed E-state index contributed by atoms with van der Waals surface area (Å²) in [6, 6.07) is 0. The molecule has 0 fully saturated rings. The molecule has 0 aliphatic heterocycles. The summed E-state index contributed by atoms with van der Waals surface area (Å²) >= 11 is 0. The molecule has 0 rings (SSSR count). The minimum Gasteiger partial charge on any atom is -0.358 e. The van der Waals surface area contributed by atoms with Gasteiger partial charge < -0.3 is 29.7 Å². The third kappa shape index (κ3) is 42.5. The van der Waals surface area contributed by atoms with Crippen LogP contribution < -0.4 is 0 Å². The molecule has 0 spiro atoms. The summed E-state index contributed by atoms with van der Waals surface area (Å²) in [6.07, 6.45) is 0. The van der Waals surface area contributed by atoms with E-state index in [1.54, 1.807) is 0 Å². The zero-order chi connectivity index (χ0) is 0. The number of hydrogen-bond acceptors (Lipinski definition) is 0. The van der Waals surface area contributed by atoms with E-state index in [0.29, 0.717) is 0 Å². The molecular weight excluding hydrogens is 286 g/mol. The Morgan fingerprint density at radius 2 is 0.400 bits per heavy atom. The Bertz CT molecular complexity index is 3.61. The van der Waals surface area contributed by atoms with Crippen LogP contribution in [0.25, 0.3) is 0 Å². The van der Waals surface area contributed by atoms with Crippen molar-refractivity contribution in [3.63, 3.8) is 0 Å². The van der Waals surface area contributed by atoms with E-state index in [1.807, 2.05) is 0 Å². The molecule has 0 atom stereocenters. The van der Waals surface area contributed by atoms with Crippen LogP contribution in [0.15, 0.2) is 0 Å². The number of rotatable bonds is 0. The van der Waals surface area contributed by atoms with Gasteiger partial charge >= 0.3 is 31.1 Å². The van der Waals surface area contributed by atoms with Crippen LogP contribution >= 0.6 is 0 Å². The zero-order valence-electron chi connectivity index (χ0n) is 4.50. The number of hydrogen-bond donors (Lipinski definition) is 0. The van der Waals surface area contributed by atoms with Crippen molar-refractivity contribution < 1.29 is 31.1 Å². The molecule has 0 heterocycles. The largest absolute Gasteiger partial charge is 4.00 e. The van der Waals surface area contributed by atoms with Crippen LogP contribution in [0, 0.1) is 60.8 Å². The van der Waals surface area contributed by atoms with Crippen molar-refractivity contribution in [2.45, 2.75) is 0 Å². The summed E-state index contributed by atoms with van der Waals surface area (Å²) in [5.74, 6) is 0. The molecule has 0 nitrogen and oxygen atoms in total. The average molecular weight is 298 g/mol. The predicted octanol–water partition coefficient (Wildman–Crippen LogP) is 1.80. The normalized spacial score (nSPS) is 0. The standard InChI is InChI=1S/4CH3.U/h4*1H3;/q4*-1;+4. The van der Waals surface area contributed by atoms with Crippen LogP contribution in [-0.4, -0.2) is 0 Å². The molecule has 0 aliphatic carbocycles. The van der Waals surface area contributed by atoms with E-state index in [1.165, 1.54) is 0 Å². The molecule has 0 N–H and O–H groups in total. The van der Waals surface area contributed by atoms with Crippen LogP contribution in [-0.2, 0) is 0 Å². The van der Waals surface area contributed by atoms with Gasteiger partial charge in [0.05, 0.1) is 0 Å². The fourth-order valence-corrected chi connectivity index (χ4v) is 0. The van der Waals surface area contributed by atoms with Gasteiger partial charge in [0.1, 0.15) is 0 Å². The second-order valence-corrected chi connectivity index (χ2v) is 0. The van der Waals surface area contributed by atoms with Gasteiger partial charge in [0.2, 0.25) is 0 Å². The topological polar surface area (TPSA) is 0 Å². The summed E-state index contributed by atoms with van der Waals surface area (Å²) in [6.45, 7) is 0. The molecule has 1 heteroatoms. The molecule has 0 aromatic carbocycles. The first-order valence-corrected chi connectivity index (χ1v) is 0. The summed E-state index contributed by atoms with van der Waals surface area (Å²) in [4.78, 5) is 0. The van der Waals surface area contributed by atoms with Crippen molar-refractivity contribution >= 4 is 0 Å². The first kappa shape index (κ1) is 140. The molecule has 0 aliphatic rings. The molecule has 0 aromatic rings. The summed E-state index contributed by atoms with van der Waals surface area (Å²) in [5.41, 5.74) is 0. The molecule has 0 bridgehead atoms. The maximum atomic E-state index is 0. The van der Waals surface area contributed by atoms with Gasteiger partial charge in [-0.1, -0.05) is 0 Å². The first-order chi connectivity index (χ1) is 0. The van der Waals surface area contributed by atoms with Crippen molar-refractivity contribution in [1.82, 2.24) is 0 Å². The van der Waals surface area contributed by atoms with E-state index in [0.717, 1.165) is 0 Å². The Morgan fingerprint density at radius 3 is 0.400 bits per heavy atom. The fourth-order valence-electron chi connectivity index (χ4n) is 0. The van der Waals surface area contributed by atoms with Gasteiger partial charge in [-0.2, -0.15) is 0 Å². The van der Waals surface area contributed by atoms with Crippen LogP contribution in [0.5, 0.6) is 0 Å². The second kappa shape index (κ2) is 75.0. The molecule has 0 saturated heterocycles. The van der Waals surface area contributed by atoms with E-state index >= 15 is 0 Å². The first-order valence-electron chi connectivity index (χ1n) is 0. The molecular formula is C4H12U. The quantitative estimate of drug-likeness (QED) is 0.598. The van der Waals surface area contributed by atoms with Gasteiger partial charge in [-0.3, -0.25) is 0 Å². The monoisotopic (exact) mass is 298 g/mol. The smallest absolute Gasteiger partial charge is 0.358 e. The van der Waals surface area contributed by atoms with Gasteiger partial charge in [-0.15, -0.1) is 0 Å². The van der Waals surface area contributed by atoms with Crippen molar-refractivity contribution in [2.75, 3.05) is 0 Å². The van der Waals surface area contributed by atoms with Gasteiger partial charge in [0.25, 0.3) is 0 Å². The Morgan fingerprint density at radius 1 is 0.400 bits per heavy atom. The van der Waals surface area contributed by atoms with Crippen molar-refractivity contribution in [3.05, 3.63) is 29.7 Å². The van der Waals surface area contributed by atoms with E-state index in [9.17, 15) is 0 Å². The zero-order valence-corrected chi connectivity index (χ0v) is 8.66. The third-order valence-corrected chi connectivity index (χ3v) is 0. The van der Waals surface area contributed by atoms with Crippen molar-refractivity contribution in [2.24, 2.45) is 0 Å². The predicted molar refractivity (Wildman–Crippen MR) is 25.7 cm³/mol. The molecule has 0 saturated carbocycles. The molecule has 5 heavy (non-hydrogen) atoms. The Balaban J connectivity index is 0. The average Bonchev–Trinajstić information content (AvgIpc) is 0. The van der Waals surface area contributed by atoms with Crippen molar-refractivity contribution in [3.8, 4) is 0 Å². The van der Waals surface area contributed by atoms with Crippen molar-refractivity contribution in [1.29, 1.82) is 0 Å². The van der Waals surface area contributed by atoms with Crippen LogP contribution in [0.1, 0.15) is 0 Å². The van der Waals surface area contributed by atoms with Crippen LogP contribution in [0.3, 0.4) is 0 Å². The summed E-state index contributed by atoms with van der Waals surface area (Å²) < 4.78 is 0. The maximum absolute atomic E-state index is 0. The van der Waals surface area contributed by atoms with E-state index in [2.05, 4.69) is 0 Å². The SMILES string of the molecule is [CH3-].[CH3-].[CH3-].[CH3-].[U+4]. The Labute approximate surface area is 60.7 Å². The molecule has 0 unspecified atom stereocenters. The second-order valence-electron chi connectivity index (χ2n) is 0. The molecule has 0 amide bonds. The molecule has 0 radical (unpaired) electrons. The third-order valence-electron chi connectivity index (χ3n) is 0. The maximum Gasteiger partial charge on any atom is 4.00 e. The Kier molecular flexibility index (Phi) is 2090. The van der Waals surface area contributed by atoms with Gasteiger partial charge in [0, 0.05) is 0 Å². The Hall–Kier alpha value is 1.05. The molecule has 32 valence electrons. The minimum absolute atomic E-state index is 0. The van der Waals surface area contributed by atoms with E-state index in [4.69, 9.17) is 0 Å². The van der Waals surface area contributed by atoms with E-state index in [-0.39, 0.29) is 60.8 Å². The van der Waals surface area contributed by atoms with Crippen LogP contribution in [0.4, 0.5) is 0 Å². The summed E-state index contributed by atoms with van der Waals surface area (Å²) in [7, 11) is 0. The van der Waals surface area contributed by atoms with Gasteiger partial charge in [-0.25, -0.2) is 0 Å². The summed E-state index contributed by atoms with van der Waals surface area (Å²) in [5, 5.41) is 0. The fraction of sp³-hybridized carbons (Fsp3) is 0. The van der Waals surface area contributed by atoms with Crippen LogP contribution in [0.2, 0.25) is 0 Å².